The molecule has 1 aromatic heterocycles. The second kappa shape index (κ2) is 4.30. The summed E-state index contributed by atoms with van der Waals surface area (Å²) in [5.74, 6) is 0.873. The van der Waals surface area contributed by atoms with Gasteiger partial charge in [-0.15, -0.1) is 0 Å². The van der Waals surface area contributed by atoms with E-state index in [1.54, 1.807) is 0 Å². The molecule has 1 heterocycles. The lowest BCUT2D eigenvalue weighted by Crippen LogP contribution is -1.84. The van der Waals surface area contributed by atoms with Gasteiger partial charge in [0.1, 0.15) is 6.42 Å². The molecule has 0 radical (unpaired) electrons. The molecule has 0 atom stereocenters. The van der Waals surface area contributed by atoms with Gasteiger partial charge in [0.15, 0.2) is 0 Å². The molecule has 3 aromatic rings. The van der Waals surface area contributed by atoms with E-state index in [1.807, 2.05) is 48.5 Å². The first kappa shape index (κ1) is 10.5. The van der Waals surface area contributed by atoms with Crippen LogP contribution in [0.2, 0.25) is 0 Å². The minimum Gasteiger partial charge on any atom is -0.338 e. The molecule has 4 nitrogen and oxygen atoms in total. The number of fused-ring (bicyclic) bond motifs is 1. The van der Waals surface area contributed by atoms with Gasteiger partial charge in [-0.25, -0.2) is 0 Å². The van der Waals surface area contributed by atoms with Crippen molar-refractivity contribution < 1.29 is 4.52 Å². The molecule has 0 saturated carbocycles. The molecule has 0 aliphatic carbocycles. The highest BCUT2D eigenvalue weighted by Gasteiger charge is 2.10. The molecule has 4 heteroatoms. The Morgan fingerprint density at radius 2 is 1.94 bits per heavy atom. The van der Waals surface area contributed by atoms with E-state index in [-0.39, 0.29) is 6.42 Å². The molecule has 0 unspecified atom stereocenters. The van der Waals surface area contributed by atoms with Gasteiger partial charge in [0, 0.05) is 5.56 Å². The van der Waals surface area contributed by atoms with Crippen molar-refractivity contribution in [2.75, 3.05) is 0 Å². The zero-order valence-electron chi connectivity index (χ0n) is 9.50. The molecule has 0 spiro atoms. The van der Waals surface area contributed by atoms with E-state index in [0.29, 0.717) is 11.7 Å². The second-order valence-electron chi connectivity index (χ2n) is 3.87. The predicted molar refractivity (Wildman–Crippen MR) is 66.6 cm³/mol. The lowest BCUT2D eigenvalue weighted by Gasteiger charge is -2.01. The predicted octanol–water partition coefficient (Wildman–Crippen LogP) is 2.96. The van der Waals surface area contributed by atoms with Gasteiger partial charge in [-0.05, 0) is 10.8 Å². The molecule has 0 bridgehead atoms. The van der Waals surface area contributed by atoms with Crippen molar-refractivity contribution in [2.24, 2.45) is 0 Å². The maximum Gasteiger partial charge on any atom is 0.241 e. The zero-order chi connectivity index (χ0) is 12.4. The molecule has 0 saturated heterocycles. The third-order valence-corrected chi connectivity index (χ3v) is 2.73. The first-order chi connectivity index (χ1) is 8.88. The minimum absolute atomic E-state index is 0.137. The topological polar surface area (TPSA) is 62.7 Å². The van der Waals surface area contributed by atoms with Crippen molar-refractivity contribution in [3.63, 3.8) is 0 Å². The third-order valence-electron chi connectivity index (χ3n) is 2.73. The van der Waals surface area contributed by atoms with E-state index in [1.165, 1.54) is 0 Å². The average molecular weight is 235 g/mol. The number of nitriles is 1. The first-order valence-corrected chi connectivity index (χ1v) is 5.56. The molecular weight excluding hydrogens is 226 g/mol. The van der Waals surface area contributed by atoms with E-state index < -0.39 is 0 Å². The summed E-state index contributed by atoms with van der Waals surface area (Å²) >= 11 is 0. The molecule has 2 aromatic carbocycles. The Bertz CT molecular complexity index is 735. The number of hydrogen-bond donors (Lipinski definition) is 0. The van der Waals surface area contributed by atoms with Crippen molar-refractivity contribution in [3.05, 3.63) is 48.4 Å². The van der Waals surface area contributed by atoms with Gasteiger partial charge < -0.3 is 4.52 Å². The molecule has 0 aliphatic heterocycles. The summed E-state index contributed by atoms with van der Waals surface area (Å²) < 4.78 is 5.02. The lowest BCUT2D eigenvalue weighted by atomic mass is 10.0. The third kappa shape index (κ3) is 1.72. The van der Waals surface area contributed by atoms with Crippen molar-refractivity contribution >= 4 is 10.8 Å². The molecule has 0 N–H and O–H groups in total. The number of aromatic nitrogens is 2. The summed E-state index contributed by atoms with van der Waals surface area (Å²) in [4.78, 5) is 4.22. The molecular formula is C14H9N3O. The Kier molecular flexibility index (Phi) is 2.50. The van der Waals surface area contributed by atoms with E-state index in [2.05, 4.69) is 10.1 Å². The Morgan fingerprint density at radius 1 is 1.11 bits per heavy atom. The van der Waals surface area contributed by atoms with Crippen LogP contribution in [0.4, 0.5) is 0 Å². The lowest BCUT2D eigenvalue weighted by molar-refractivity contribution is 0.388. The van der Waals surface area contributed by atoms with Crippen molar-refractivity contribution in [3.8, 4) is 17.5 Å². The Balaban J connectivity index is 2.16. The van der Waals surface area contributed by atoms with Gasteiger partial charge >= 0.3 is 0 Å². The van der Waals surface area contributed by atoms with Crippen LogP contribution in [-0.2, 0) is 6.42 Å². The highest BCUT2D eigenvalue weighted by atomic mass is 16.5. The summed E-state index contributed by atoms with van der Waals surface area (Å²) in [6, 6.07) is 16.0. The van der Waals surface area contributed by atoms with Gasteiger partial charge in [0.2, 0.25) is 11.7 Å². The van der Waals surface area contributed by atoms with Crippen LogP contribution in [0.25, 0.3) is 22.2 Å². The van der Waals surface area contributed by atoms with Crippen molar-refractivity contribution in [2.45, 2.75) is 6.42 Å². The number of benzene rings is 2. The molecule has 86 valence electrons. The summed E-state index contributed by atoms with van der Waals surface area (Å²) in [5, 5.41) is 14.7. The van der Waals surface area contributed by atoms with Crippen molar-refractivity contribution in [1.82, 2.24) is 10.1 Å². The molecule has 0 aliphatic rings. The number of hydrogen-bond acceptors (Lipinski definition) is 4. The van der Waals surface area contributed by atoms with E-state index in [4.69, 9.17) is 9.78 Å². The van der Waals surface area contributed by atoms with Crippen LogP contribution in [0.5, 0.6) is 0 Å². The van der Waals surface area contributed by atoms with Crippen LogP contribution in [0.1, 0.15) is 5.89 Å². The first-order valence-electron chi connectivity index (χ1n) is 5.56. The Morgan fingerprint density at radius 3 is 2.83 bits per heavy atom. The van der Waals surface area contributed by atoms with Crippen LogP contribution in [0, 0.1) is 11.3 Å². The largest absolute Gasteiger partial charge is 0.338 e. The van der Waals surface area contributed by atoms with Gasteiger partial charge in [0.25, 0.3) is 0 Å². The number of rotatable bonds is 2. The SMILES string of the molecule is N#CCc1nc(-c2cccc3ccccc23)no1. The van der Waals surface area contributed by atoms with Gasteiger partial charge in [-0.2, -0.15) is 10.2 Å². The van der Waals surface area contributed by atoms with Crippen LogP contribution < -0.4 is 0 Å². The maximum atomic E-state index is 8.59. The molecule has 0 fully saturated rings. The fraction of sp³-hybridized carbons (Fsp3) is 0.0714. The summed E-state index contributed by atoms with van der Waals surface area (Å²) in [5.41, 5.74) is 0.918. The minimum atomic E-state index is 0.137. The van der Waals surface area contributed by atoms with E-state index in [9.17, 15) is 0 Å². The highest BCUT2D eigenvalue weighted by Crippen LogP contribution is 2.26. The normalized spacial score (nSPS) is 10.4. The fourth-order valence-corrected chi connectivity index (χ4v) is 1.92. The van der Waals surface area contributed by atoms with Gasteiger partial charge in [0.05, 0.1) is 6.07 Å². The van der Waals surface area contributed by atoms with Crippen molar-refractivity contribution in [1.29, 1.82) is 5.26 Å². The monoisotopic (exact) mass is 235 g/mol. The standard InChI is InChI=1S/C14H9N3O/c15-9-8-13-16-14(17-18-13)12-7-3-5-10-4-1-2-6-11(10)12/h1-7H,8H2. The fourth-order valence-electron chi connectivity index (χ4n) is 1.92. The number of nitrogens with zero attached hydrogens (tertiary/aromatic N) is 3. The Hall–Kier alpha value is -2.67. The molecule has 0 amide bonds. The van der Waals surface area contributed by atoms with Crippen LogP contribution in [0.3, 0.4) is 0 Å². The quantitative estimate of drug-likeness (QED) is 0.685. The van der Waals surface area contributed by atoms with Crippen LogP contribution >= 0.6 is 0 Å². The van der Waals surface area contributed by atoms with E-state index >= 15 is 0 Å². The smallest absolute Gasteiger partial charge is 0.241 e. The maximum absolute atomic E-state index is 8.59. The second-order valence-corrected chi connectivity index (χ2v) is 3.87. The molecule has 18 heavy (non-hydrogen) atoms. The summed E-state index contributed by atoms with van der Waals surface area (Å²) in [6.45, 7) is 0. The molecule has 3 rings (SSSR count). The van der Waals surface area contributed by atoms with Crippen LogP contribution in [-0.4, -0.2) is 10.1 Å². The summed E-state index contributed by atoms with van der Waals surface area (Å²) in [7, 11) is 0. The van der Waals surface area contributed by atoms with Gasteiger partial charge in [-0.1, -0.05) is 47.6 Å². The van der Waals surface area contributed by atoms with Crippen LogP contribution in [0.15, 0.2) is 47.0 Å². The summed E-state index contributed by atoms with van der Waals surface area (Å²) in [6.07, 6.45) is 0.137. The Labute approximate surface area is 103 Å². The van der Waals surface area contributed by atoms with Gasteiger partial charge in [-0.3, -0.25) is 0 Å². The zero-order valence-corrected chi connectivity index (χ0v) is 9.50. The van der Waals surface area contributed by atoms with E-state index in [0.717, 1.165) is 16.3 Å². The average Bonchev–Trinajstić information content (AvgIpc) is 2.87. The highest BCUT2D eigenvalue weighted by molar-refractivity contribution is 5.94.